The van der Waals surface area contributed by atoms with Gasteiger partial charge in [-0.2, -0.15) is 19.6 Å². The molecule has 0 radical (unpaired) electrons. The molecule has 2 atom stereocenters. The molecule has 154 valence electrons. The molecule has 0 saturated carbocycles. The van der Waals surface area contributed by atoms with E-state index in [2.05, 4.69) is 46.5 Å². The lowest BCUT2D eigenvalue weighted by Crippen LogP contribution is -2.37. The minimum atomic E-state index is -0.0507. The van der Waals surface area contributed by atoms with E-state index in [1.165, 1.54) is 0 Å². The first-order chi connectivity index (χ1) is 14.0. The van der Waals surface area contributed by atoms with E-state index in [1.54, 1.807) is 4.52 Å². The van der Waals surface area contributed by atoms with E-state index in [1.807, 2.05) is 30.5 Å². The van der Waals surface area contributed by atoms with Gasteiger partial charge in [0.05, 0.1) is 12.2 Å². The molecule has 0 amide bonds. The molecule has 8 heteroatoms. The number of rotatable bonds is 6. The average Bonchev–Trinajstić information content (AvgIpc) is 3.13. The van der Waals surface area contributed by atoms with Crippen LogP contribution in [0.2, 0.25) is 0 Å². The predicted octanol–water partition coefficient (Wildman–Crippen LogP) is 3.13. The molecule has 29 heavy (non-hydrogen) atoms. The van der Waals surface area contributed by atoms with Gasteiger partial charge in [0.15, 0.2) is 5.65 Å². The van der Waals surface area contributed by atoms with Crippen LogP contribution in [0, 0.1) is 0 Å². The van der Waals surface area contributed by atoms with Crippen LogP contribution in [0.3, 0.4) is 0 Å². The van der Waals surface area contributed by atoms with Gasteiger partial charge in [-0.3, -0.25) is 0 Å². The summed E-state index contributed by atoms with van der Waals surface area (Å²) in [5.74, 6) is 0.887. The summed E-state index contributed by atoms with van der Waals surface area (Å²) in [6, 6.07) is 8.16. The average molecular weight is 396 g/mol. The molecule has 8 nitrogen and oxygen atoms in total. The van der Waals surface area contributed by atoms with Gasteiger partial charge < -0.3 is 21.1 Å². The highest BCUT2D eigenvalue weighted by Gasteiger charge is 2.21. The zero-order valence-electron chi connectivity index (χ0n) is 17.2. The molecule has 3 heterocycles. The Morgan fingerprint density at radius 2 is 2.03 bits per heavy atom. The normalized spacial score (nSPS) is 18.1. The minimum absolute atomic E-state index is 0.0507. The monoisotopic (exact) mass is 395 g/mol. The summed E-state index contributed by atoms with van der Waals surface area (Å²) < 4.78 is 7.88. The summed E-state index contributed by atoms with van der Waals surface area (Å²) in [5, 5.41) is 11.3. The van der Waals surface area contributed by atoms with Crippen molar-refractivity contribution < 1.29 is 4.74 Å². The van der Waals surface area contributed by atoms with Crippen molar-refractivity contribution in [2.75, 3.05) is 24.1 Å². The van der Waals surface area contributed by atoms with E-state index in [0.717, 1.165) is 48.4 Å². The lowest BCUT2D eigenvalue weighted by molar-refractivity contribution is 0.153. The van der Waals surface area contributed by atoms with Crippen LogP contribution in [-0.4, -0.2) is 38.8 Å². The van der Waals surface area contributed by atoms with Crippen LogP contribution < -0.4 is 21.1 Å². The molecule has 3 aromatic rings. The molecule has 1 unspecified atom stereocenters. The fourth-order valence-electron chi connectivity index (χ4n) is 3.67. The summed E-state index contributed by atoms with van der Waals surface area (Å²) in [6.07, 6.45) is 4.02. The van der Waals surface area contributed by atoms with E-state index < -0.39 is 0 Å². The first-order valence-corrected chi connectivity index (χ1v) is 10.3. The van der Waals surface area contributed by atoms with Gasteiger partial charge in [0.25, 0.3) is 0 Å². The van der Waals surface area contributed by atoms with Gasteiger partial charge in [0, 0.05) is 17.8 Å². The summed E-state index contributed by atoms with van der Waals surface area (Å²) >= 11 is 0. The van der Waals surface area contributed by atoms with E-state index >= 15 is 0 Å². The molecule has 0 spiro atoms. The van der Waals surface area contributed by atoms with Crippen LogP contribution in [0.4, 0.5) is 11.6 Å². The fourth-order valence-corrected chi connectivity index (χ4v) is 3.67. The number of anilines is 2. The maximum absolute atomic E-state index is 6.16. The predicted molar refractivity (Wildman–Crippen MR) is 114 cm³/mol. The summed E-state index contributed by atoms with van der Waals surface area (Å²) in [7, 11) is 0. The Balaban J connectivity index is 1.70. The maximum atomic E-state index is 6.16. The Morgan fingerprint density at radius 1 is 1.21 bits per heavy atom. The van der Waals surface area contributed by atoms with Crippen molar-refractivity contribution in [1.82, 2.24) is 24.9 Å². The van der Waals surface area contributed by atoms with Crippen molar-refractivity contribution in [1.29, 1.82) is 0 Å². The third-order valence-corrected chi connectivity index (χ3v) is 5.33. The highest BCUT2D eigenvalue weighted by atomic mass is 16.5. The van der Waals surface area contributed by atoms with Gasteiger partial charge in [-0.25, -0.2) is 0 Å². The molecule has 1 fully saturated rings. The minimum Gasteiger partial charge on any atom is -0.459 e. The molecule has 0 aliphatic carbocycles. The van der Waals surface area contributed by atoms with Gasteiger partial charge in [-0.1, -0.05) is 32.0 Å². The molecule has 4 N–H and O–H groups in total. The molecule has 1 aliphatic heterocycles. The first-order valence-electron chi connectivity index (χ1n) is 10.3. The molecular weight excluding hydrogens is 366 g/mol. The molecule has 2 aromatic heterocycles. The zero-order chi connectivity index (χ0) is 20.4. The number of ether oxygens (including phenoxy) is 1. The topological polar surface area (TPSA) is 102 Å². The molecule has 1 saturated heterocycles. The fraction of sp³-hybridized carbons (Fsp3) is 0.476. The van der Waals surface area contributed by atoms with E-state index in [4.69, 9.17) is 10.5 Å². The second kappa shape index (κ2) is 8.24. The third kappa shape index (κ3) is 4.12. The molecule has 4 rings (SSSR count). The maximum Gasteiger partial charge on any atom is 0.322 e. The van der Waals surface area contributed by atoms with Crippen molar-refractivity contribution in [2.24, 2.45) is 0 Å². The third-order valence-electron chi connectivity index (χ3n) is 5.33. The lowest BCUT2D eigenvalue weighted by atomic mass is 10.1. The Morgan fingerprint density at radius 3 is 2.76 bits per heavy atom. The SMILES string of the molecule is CC(C)c1cnn2c(NC(C)c3ccccc3N)nc(O[C@@H]3CCCNC3)nc12. The largest absolute Gasteiger partial charge is 0.459 e. The van der Waals surface area contributed by atoms with Crippen LogP contribution in [0.25, 0.3) is 5.65 Å². The zero-order valence-corrected chi connectivity index (χ0v) is 17.2. The van der Waals surface area contributed by atoms with Crippen LogP contribution >= 0.6 is 0 Å². The second-order valence-electron chi connectivity index (χ2n) is 7.90. The van der Waals surface area contributed by atoms with Gasteiger partial charge in [-0.05, 0) is 43.9 Å². The molecule has 0 bridgehead atoms. The summed E-state index contributed by atoms with van der Waals surface area (Å²) in [6.45, 7) is 8.15. The van der Waals surface area contributed by atoms with Crippen molar-refractivity contribution in [3.05, 3.63) is 41.6 Å². The van der Waals surface area contributed by atoms with Gasteiger partial charge >= 0.3 is 6.01 Å². The van der Waals surface area contributed by atoms with Gasteiger partial charge in [0.2, 0.25) is 5.95 Å². The Kier molecular flexibility index (Phi) is 5.53. The Labute approximate surface area is 170 Å². The highest BCUT2D eigenvalue weighted by molar-refractivity contribution is 5.55. The summed E-state index contributed by atoms with van der Waals surface area (Å²) in [4.78, 5) is 9.33. The molecular formula is C21H29N7O. The van der Waals surface area contributed by atoms with E-state index in [9.17, 15) is 0 Å². The highest BCUT2D eigenvalue weighted by Crippen LogP contribution is 2.27. The number of nitrogen functional groups attached to an aromatic ring is 1. The molecule has 1 aromatic carbocycles. The number of para-hydroxylation sites is 1. The number of nitrogens with zero attached hydrogens (tertiary/aromatic N) is 4. The van der Waals surface area contributed by atoms with Gasteiger partial charge in [0.1, 0.15) is 6.10 Å². The van der Waals surface area contributed by atoms with Crippen LogP contribution in [-0.2, 0) is 0 Å². The summed E-state index contributed by atoms with van der Waals surface area (Å²) in [5.41, 5.74) is 9.74. The number of benzene rings is 1. The second-order valence-corrected chi connectivity index (χ2v) is 7.90. The quantitative estimate of drug-likeness (QED) is 0.551. The Hall–Kier alpha value is -2.87. The standard InChI is InChI=1S/C21H29N7O/c1-13(2)17-12-24-28-19(17)26-21(29-15-7-6-10-23-11-15)27-20(28)25-14(3)16-8-4-5-9-18(16)22/h4-5,8-9,12-15,23H,6-7,10-11,22H2,1-3H3,(H,25,26,27)/t14?,15-/m1/s1. The lowest BCUT2D eigenvalue weighted by Gasteiger charge is -2.23. The molecule has 1 aliphatic rings. The van der Waals surface area contributed by atoms with Crippen molar-refractivity contribution in [3.8, 4) is 6.01 Å². The smallest absolute Gasteiger partial charge is 0.322 e. The van der Waals surface area contributed by atoms with Crippen LogP contribution in [0.5, 0.6) is 6.01 Å². The van der Waals surface area contributed by atoms with Crippen LogP contribution in [0.15, 0.2) is 30.5 Å². The number of nitrogens with one attached hydrogen (secondary N) is 2. The first kappa shape index (κ1) is 19.4. The van der Waals surface area contributed by atoms with E-state index in [-0.39, 0.29) is 12.1 Å². The van der Waals surface area contributed by atoms with Crippen LogP contribution in [0.1, 0.15) is 56.7 Å². The number of nitrogens with two attached hydrogens (primary N) is 1. The van der Waals surface area contributed by atoms with Crippen molar-refractivity contribution in [3.63, 3.8) is 0 Å². The number of fused-ring (bicyclic) bond motifs is 1. The van der Waals surface area contributed by atoms with Gasteiger partial charge in [-0.15, -0.1) is 0 Å². The van der Waals surface area contributed by atoms with E-state index in [0.29, 0.717) is 17.9 Å². The van der Waals surface area contributed by atoms with Crippen molar-refractivity contribution >= 4 is 17.3 Å². The number of hydrogen-bond acceptors (Lipinski definition) is 7. The number of aromatic nitrogens is 4. The number of piperidine rings is 1. The Bertz CT molecular complexity index is 978. The van der Waals surface area contributed by atoms with Crippen molar-refractivity contribution in [2.45, 2.75) is 51.7 Å². The number of hydrogen-bond donors (Lipinski definition) is 3.